The van der Waals surface area contributed by atoms with Crippen LogP contribution in [0.4, 0.5) is 0 Å². The van der Waals surface area contributed by atoms with E-state index in [2.05, 4.69) is 11.9 Å². The Kier molecular flexibility index (Phi) is 5.37. The van der Waals surface area contributed by atoms with E-state index in [1.807, 2.05) is 13.8 Å². The van der Waals surface area contributed by atoms with Crippen LogP contribution >= 0.6 is 0 Å². The second-order valence-electron chi connectivity index (χ2n) is 3.11. The van der Waals surface area contributed by atoms with Crippen LogP contribution in [0.25, 0.3) is 0 Å². The van der Waals surface area contributed by atoms with Crippen LogP contribution < -0.4 is 5.32 Å². The van der Waals surface area contributed by atoms with Crippen molar-refractivity contribution in [3.8, 4) is 0 Å². The van der Waals surface area contributed by atoms with Crippen LogP contribution in [-0.2, 0) is 4.79 Å². The Morgan fingerprint density at radius 1 is 1.67 bits per heavy atom. The Bertz CT molecular complexity index is 155. The van der Waals surface area contributed by atoms with Crippen LogP contribution in [0.3, 0.4) is 0 Å². The average Bonchev–Trinajstić information content (AvgIpc) is 2.00. The van der Waals surface area contributed by atoms with Crippen molar-refractivity contribution in [1.82, 2.24) is 5.32 Å². The average molecular weight is 171 g/mol. The quantitative estimate of drug-likeness (QED) is 0.598. The van der Waals surface area contributed by atoms with Crippen LogP contribution in [0.5, 0.6) is 0 Å². The first-order valence-corrected chi connectivity index (χ1v) is 4.13. The molecule has 0 aliphatic heterocycles. The molecule has 1 unspecified atom stereocenters. The summed E-state index contributed by atoms with van der Waals surface area (Å²) in [5.41, 5.74) is 0. The number of aliphatic hydroxyl groups is 1. The lowest BCUT2D eigenvalue weighted by Crippen LogP contribution is -2.34. The Labute approximate surface area is 73.5 Å². The van der Waals surface area contributed by atoms with Gasteiger partial charge in [0.1, 0.15) is 0 Å². The largest absolute Gasteiger partial charge is 0.391 e. The molecular formula is C9H17NO2. The first-order chi connectivity index (χ1) is 5.57. The number of hydrogen-bond acceptors (Lipinski definition) is 2. The summed E-state index contributed by atoms with van der Waals surface area (Å²) in [5, 5.41) is 11.9. The van der Waals surface area contributed by atoms with Crippen molar-refractivity contribution < 1.29 is 9.90 Å². The minimum Gasteiger partial charge on any atom is -0.391 e. The van der Waals surface area contributed by atoms with Crippen molar-refractivity contribution in [2.45, 2.75) is 26.4 Å². The third kappa shape index (κ3) is 4.91. The van der Waals surface area contributed by atoms with Gasteiger partial charge in [0.05, 0.1) is 6.10 Å². The first kappa shape index (κ1) is 11.2. The van der Waals surface area contributed by atoms with Gasteiger partial charge in [-0.25, -0.2) is 0 Å². The molecule has 0 saturated carbocycles. The van der Waals surface area contributed by atoms with Gasteiger partial charge in [0.2, 0.25) is 5.91 Å². The fourth-order valence-electron chi connectivity index (χ4n) is 0.657. The zero-order valence-corrected chi connectivity index (χ0v) is 7.71. The highest BCUT2D eigenvalue weighted by Gasteiger charge is 2.09. The zero-order chi connectivity index (χ0) is 9.56. The number of aliphatic hydroxyl groups excluding tert-OH is 1. The molecule has 70 valence electrons. The summed E-state index contributed by atoms with van der Waals surface area (Å²) >= 11 is 0. The Balaban J connectivity index is 3.53. The minimum atomic E-state index is -0.459. The van der Waals surface area contributed by atoms with Gasteiger partial charge in [-0.2, -0.15) is 0 Å². The first-order valence-electron chi connectivity index (χ1n) is 4.13. The molecule has 3 heteroatoms. The number of carbonyl (C=O) groups is 1. The predicted octanol–water partition coefficient (Wildman–Crippen LogP) is 0.696. The van der Waals surface area contributed by atoms with E-state index in [9.17, 15) is 9.90 Å². The summed E-state index contributed by atoms with van der Waals surface area (Å²) in [6.45, 7) is 7.58. The van der Waals surface area contributed by atoms with Gasteiger partial charge < -0.3 is 10.4 Å². The molecular weight excluding hydrogens is 154 g/mol. The third-order valence-electron chi connectivity index (χ3n) is 1.61. The third-order valence-corrected chi connectivity index (χ3v) is 1.61. The van der Waals surface area contributed by atoms with E-state index in [1.165, 1.54) is 6.08 Å². The molecule has 0 heterocycles. The van der Waals surface area contributed by atoms with Crippen molar-refractivity contribution >= 4 is 5.91 Å². The van der Waals surface area contributed by atoms with Crippen molar-refractivity contribution in [2.75, 3.05) is 6.54 Å². The number of rotatable bonds is 5. The molecule has 2 N–H and O–H groups in total. The molecule has 0 rings (SSSR count). The molecule has 0 saturated heterocycles. The lowest BCUT2D eigenvalue weighted by atomic mass is 10.1. The Morgan fingerprint density at radius 3 is 2.67 bits per heavy atom. The topological polar surface area (TPSA) is 49.3 Å². The second-order valence-corrected chi connectivity index (χ2v) is 3.11. The van der Waals surface area contributed by atoms with E-state index >= 15 is 0 Å². The Hall–Kier alpha value is -0.830. The van der Waals surface area contributed by atoms with Crippen molar-refractivity contribution in [3.05, 3.63) is 12.7 Å². The van der Waals surface area contributed by atoms with E-state index in [4.69, 9.17) is 0 Å². The van der Waals surface area contributed by atoms with Crippen LogP contribution in [-0.4, -0.2) is 23.7 Å². The molecule has 0 aromatic heterocycles. The van der Waals surface area contributed by atoms with Gasteiger partial charge >= 0.3 is 0 Å². The Morgan fingerprint density at radius 2 is 2.25 bits per heavy atom. The highest BCUT2D eigenvalue weighted by molar-refractivity contribution is 5.77. The van der Waals surface area contributed by atoms with E-state index in [-0.39, 0.29) is 11.8 Å². The summed E-state index contributed by atoms with van der Waals surface area (Å²) in [6.07, 6.45) is 1.39. The van der Waals surface area contributed by atoms with Crippen LogP contribution in [0.15, 0.2) is 12.7 Å². The van der Waals surface area contributed by atoms with Crippen molar-refractivity contribution in [2.24, 2.45) is 5.92 Å². The van der Waals surface area contributed by atoms with E-state index < -0.39 is 6.10 Å². The molecule has 0 aromatic carbocycles. The molecule has 0 fully saturated rings. The second kappa shape index (κ2) is 5.77. The smallest absolute Gasteiger partial charge is 0.223 e. The molecule has 12 heavy (non-hydrogen) atoms. The summed E-state index contributed by atoms with van der Waals surface area (Å²) < 4.78 is 0. The van der Waals surface area contributed by atoms with Crippen LogP contribution in [0, 0.1) is 5.92 Å². The normalized spacial score (nSPS) is 12.7. The summed E-state index contributed by atoms with van der Waals surface area (Å²) in [5.74, 6) is 0.0822. The van der Waals surface area contributed by atoms with Gasteiger partial charge in [0, 0.05) is 13.0 Å². The standard InChI is InChI=1S/C9H17NO2/c1-4-5-9(12)10-6-8(11)7(2)3/h4,7-8,11H,1,5-6H2,2-3H3,(H,10,12). The maximum absolute atomic E-state index is 10.9. The fourth-order valence-corrected chi connectivity index (χ4v) is 0.657. The van der Waals surface area contributed by atoms with Gasteiger partial charge in [-0.05, 0) is 5.92 Å². The van der Waals surface area contributed by atoms with E-state index in [1.54, 1.807) is 0 Å². The minimum absolute atomic E-state index is 0.0929. The highest BCUT2D eigenvalue weighted by atomic mass is 16.3. The molecule has 0 bridgehead atoms. The van der Waals surface area contributed by atoms with Crippen molar-refractivity contribution in [3.63, 3.8) is 0 Å². The molecule has 0 aliphatic rings. The zero-order valence-electron chi connectivity index (χ0n) is 7.71. The number of carbonyl (C=O) groups excluding carboxylic acids is 1. The van der Waals surface area contributed by atoms with Gasteiger partial charge in [0.15, 0.2) is 0 Å². The lowest BCUT2D eigenvalue weighted by molar-refractivity contribution is -0.120. The SMILES string of the molecule is C=CCC(=O)NCC(O)C(C)C. The molecule has 1 amide bonds. The van der Waals surface area contributed by atoms with E-state index in [0.717, 1.165) is 0 Å². The van der Waals surface area contributed by atoms with Gasteiger partial charge in [-0.1, -0.05) is 19.9 Å². The predicted molar refractivity (Wildman–Crippen MR) is 48.7 cm³/mol. The lowest BCUT2D eigenvalue weighted by Gasteiger charge is -2.14. The summed E-state index contributed by atoms with van der Waals surface area (Å²) in [7, 11) is 0. The molecule has 0 spiro atoms. The van der Waals surface area contributed by atoms with Gasteiger partial charge in [0.25, 0.3) is 0 Å². The number of nitrogens with one attached hydrogen (secondary N) is 1. The number of amides is 1. The molecule has 0 aliphatic carbocycles. The maximum atomic E-state index is 10.9. The number of hydrogen-bond donors (Lipinski definition) is 2. The van der Waals surface area contributed by atoms with Gasteiger partial charge in [-0.3, -0.25) is 4.79 Å². The fraction of sp³-hybridized carbons (Fsp3) is 0.667. The monoisotopic (exact) mass is 171 g/mol. The highest BCUT2D eigenvalue weighted by Crippen LogP contribution is 1.98. The van der Waals surface area contributed by atoms with E-state index in [0.29, 0.717) is 13.0 Å². The van der Waals surface area contributed by atoms with Crippen LogP contribution in [0.2, 0.25) is 0 Å². The van der Waals surface area contributed by atoms with Crippen LogP contribution in [0.1, 0.15) is 20.3 Å². The maximum Gasteiger partial charge on any atom is 0.223 e. The summed E-state index contributed by atoms with van der Waals surface area (Å²) in [6, 6.07) is 0. The molecule has 0 aromatic rings. The van der Waals surface area contributed by atoms with Gasteiger partial charge in [-0.15, -0.1) is 6.58 Å². The molecule has 3 nitrogen and oxygen atoms in total. The summed E-state index contributed by atoms with van der Waals surface area (Å²) in [4.78, 5) is 10.9. The molecule has 1 atom stereocenters. The molecule has 0 radical (unpaired) electrons. The van der Waals surface area contributed by atoms with Crippen molar-refractivity contribution in [1.29, 1.82) is 0 Å².